The fourth-order valence-electron chi connectivity index (χ4n) is 0.702. The Balaban J connectivity index is 2.68. The minimum absolute atomic E-state index is 0.145. The van der Waals surface area contributed by atoms with E-state index in [1.54, 1.807) is 6.92 Å². The fraction of sp³-hybridized carbons (Fsp3) is 0.286. The molecule has 0 aromatic rings. The van der Waals surface area contributed by atoms with Gasteiger partial charge in [-0.05, 0) is 19.2 Å². The number of allylic oxidation sites excluding steroid dienone is 2. The Hall–Kier alpha value is -1.05. The van der Waals surface area contributed by atoms with Gasteiger partial charge in [0, 0.05) is 12.1 Å². The minimum atomic E-state index is 0.145. The number of rotatable bonds is 1. The lowest BCUT2D eigenvalue weighted by Crippen LogP contribution is -2.16. The van der Waals surface area contributed by atoms with Crippen molar-refractivity contribution in [2.45, 2.75) is 6.92 Å². The van der Waals surface area contributed by atoms with Crippen LogP contribution in [0.25, 0.3) is 0 Å². The number of carbonyl (C=O) groups excluding carboxylic acids is 1. The van der Waals surface area contributed by atoms with Crippen LogP contribution in [0.15, 0.2) is 23.9 Å². The monoisotopic (exact) mass is 123 g/mol. The third-order valence-electron chi connectivity index (χ3n) is 1.26. The van der Waals surface area contributed by atoms with Gasteiger partial charge in [0.2, 0.25) is 0 Å². The molecule has 0 fully saturated rings. The van der Waals surface area contributed by atoms with Gasteiger partial charge in [-0.1, -0.05) is 6.08 Å². The van der Waals surface area contributed by atoms with Crippen molar-refractivity contribution in [1.82, 2.24) is 5.32 Å². The van der Waals surface area contributed by atoms with Gasteiger partial charge in [-0.3, -0.25) is 4.79 Å². The molecule has 9 heavy (non-hydrogen) atoms. The highest BCUT2D eigenvalue weighted by molar-refractivity contribution is 5.94. The number of nitrogens with one attached hydrogen (secondary N) is 1. The second-order valence-corrected chi connectivity index (χ2v) is 1.99. The molecule has 0 aliphatic carbocycles. The average molecular weight is 123 g/mol. The number of hydrogen-bond donors (Lipinski definition) is 1. The first-order chi connectivity index (χ1) is 4.30. The van der Waals surface area contributed by atoms with Crippen LogP contribution in [0.3, 0.4) is 0 Å². The Morgan fingerprint density at radius 1 is 1.78 bits per heavy atom. The molecular formula is C7H9NO. The van der Waals surface area contributed by atoms with E-state index in [9.17, 15) is 4.79 Å². The summed E-state index contributed by atoms with van der Waals surface area (Å²) in [7, 11) is 0. The summed E-state index contributed by atoms with van der Waals surface area (Å²) in [5.41, 5.74) is 0.845. The molecule has 1 heterocycles. The molecule has 0 unspecified atom stereocenters. The van der Waals surface area contributed by atoms with Crippen molar-refractivity contribution >= 4 is 5.78 Å². The van der Waals surface area contributed by atoms with Crippen LogP contribution in [0.2, 0.25) is 0 Å². The molecule has 2 nitrogen and oxygen atoms in total. The lowest BCUT2D eigenvalue weighted by Gasteiger charge is -2.05. The van der Waals surface area contributed by atoms with E-state index in [1.165, 1.54) is 0 Å². The summed E-state index contributed by atoms with van der Waals surface area (Å²) in [6.07, 6.45) is 5.49. The van der Waals surface area contributed by atoms with Crippen molar-refractivity contribution in [3.63, 3.8) is 0 Å². The molecule has 0 radical (unpaired) electrons. The zero-order valence-corrected chi connectivity index (χ0v) is 5.35. The number of carbonyl (C=O) groups is 1. The zero-order chi connectivity index (χ0) is 6.69. The van der Waals surface area contributed by atoms with Gasteiger partial charge in [0.1, 0.15) is 0 Å². The highest BCUT2D eigenvalue weighted by atomic mass is 16.1. The first-order valence-corrected chi connectivity index (χ1v) is 2.91. The van der Waals surface area contributed by atoms with E-state index in [4.69, 9.17) is 0 Å². The largest absolute Gasteiger partial charge is 0.387 e. The summed E-state index contributed by atoms with van der Waals surface area (Å²) in [6, 6.07) is 0. The van der Waals surface area contributed by atoms with Crippen LogP contribution in [-0.2, 0) is 4.79 Å². The Bertz CT molecular complexity index is 179. The number of hydrogen-bond acceptors (Lipinski definition) is 2. The second kappa shape index (κ2) is 2.49. The zero-order valence-electron chi connectivity index (χ0n) is 5.35. The van der Waals surface area contributed by atoms with E-state index < -0.39 is 0 Å². The minimum Gasteiger partial charge on any atom is -0.387 e. The van der Waals surface area contributed by atoms with Crippen molar-refractivity contribution in [2.75, 3.05) is 6.54 Å². The van der Waals surface area contributed by atoms with E-state index in [1.807, 2.05) is 18.4 Å². The molecular weight excluding hydrogens is 114 g/mol. The van der Waals surface area contributed by atoms with E-state index >= 15 is 0 Å². The second-order valence-electron chi connectivity index (χ2n) is 1.99. The third-order valence-corrected chi connectivity index (χ3v) is 1.26. The van der Waals surface area contributed by atoms with Crippen LogP contribution >= 0.6 is 0 Å². The van der Waals surface area contributed by atoms with E-state index in [-0.39, 0.29) is 5.78 Å². The van der Waals surface area contributed by atoms with Crippen molar-refractivity contribution in [2.24, 2.45) is 0 Å². The third kappa shape index (κ3) is 1.42. The maximum absolute atomic E-state index is 10.7. The molecule has 0 saturated carbocycles. The molecule has 1 aliphatic heterocycles. The summed E-state index contributed by atoms with van der Waals surface area (Å²) in [4.78, 5) is 10.7. The lowest BCUT2D eigenvalue weighted by molar-refractivity contribution is -0.113. The molecule has 2 heteroatoms. The fourth-order valence-corrected chi connectivity index (χ4v) is 0.702. The molecule has 0 bridgehead atoms. The van der Waals surface area contributed by atoms with Gasteiger partial charge in [-0.25, -0.2) is 0 Å². The molecule has 0 spiro atoms. The van der Waals surface area contributed by atoms with Gasteiger partial charge in [0.05, 0.1) is 0 Å². The quantitative estimate of drug-likeness (QED) is 0.553. The van der Waals surface area contributed by atoms with Crippen LogP contribution in [0.5, 0.6) is 0 Å². The van der Waals surface area contributed by atoms with Crippen molar-refractivity contribution in [3.05, 3.63) is 23.9 Å². The summed E-state index contributed by atoms with van der Waals surface area (Å²) in [6.45, 7) is 2.25. The van der Waals surface area contributed by atoms with Crippen LogP contribution in [-0.4, -0.2) is 12.3 Å². The van der Waals surface area contributed by atoms with E-state index in [0.717, 1.165) is 5.57 Å². The molecule has 0 amide bonds. The standard InChI is InChI=1S/C7H9NO/c1-6(9)7-3-2-4-8-5-7/h2-4,8H,5H2,1H3. The predicted molar refractivity (Wildman–Crippen MR) is 35.9 cm³/mol. The number of ketones is 1. The molecule has 1 rings (SSSR count). The van der Waals surface area contributed by atoms with Crippen LogP contribution < -0.4 is 5.32 Å². The number of dihydropyridines is 1. The van der Waals surface area contributed by atoms with Gasteiger partial charge in [0.25, 0.3) is 0 Å². The van der Waals surface area contributed by atoms with Crippen LogP contribution in [0.1, 0.15) is 6.92 Å². The highest BCUT2D eigenvalue weighted by Crippen LogP contribution is 1.98. The molecule has 48 valence electrons. The Morgan fingerprint density at radius 3 is 2.89 bits per heavy atom. The molecule has 0 atom stereocenters. The normalized spacial score (nSPS) is 16.3. The van der Waals surface area contributed by atoms with E-state index in [2.05, 4.69) is 5.32 Å². The maximum Gasteiger partial charge on any atom is 0.157 e. The molecule has 0 saturated heterocycles. The van der Waals surface area contributed by atoms with Gasteiger partial charge >= 0.3 is 0 Å². The smallest absolute Gasteiger partial charge is 0.157 e. The Kier molecular flexibility index (Phi) is 1.68. The summed E-state index contributed by atoms with van der Waals surface area (Å²) >= 11 is 0. The first-order valence-electron chi connectivity index (χ1n) is 2.91. The summed E-state index contributed by atoms with van der Waals surface area (Å²) in [5, 5.41) is 2.95. The van der Waals surface area contributed by atoms with Crippen LogP contribution in [0.4, 0.5) is 0 Å². The first kappa shape index (κ1) is 6.08. The lowest BCUT2D eigenvalue weighted by atomic mass is 10.1. The summed E-state index contributed by atoms with van der Waals surface area (Å²) < 4.78 is 0. The highest BCUT2D eigenvalue weighted by Gasteiger charge is 2.01. The van der Waals surface area contributed by atoms with Gasteiger partial charge in [-0.2, -0.15) is 0 Å². The Labute approximate surface area is 54.3 Å². The van der Waals surface area contributed by atoms with Crippen molar-refractivity contribution in [3.8, 4) is 0 Å². The van der Waals surface area contributed by atoms with Crippen LogP contribution in [0, 0.1) is 0 Å². The molecule has 1 aliphatic rings. The predicted octanol–water partition coefficient (Wildman–Crippen LogP) is 0.619. The van der Waals surface area contributed by atoms with E-state index in [0.29, 0.717) is 6.54 Å². The topological polar surface area (TPSA) is 29.1 Å². The van der Waals surface area contributed by atoms with Crippen molar-refractivity contribution < 1.29 is 4.79 Å². The number of Topliss-reactive ketones (excluding diaryl/α,β-unsaturated/α-hetero) is 1. The molecule has 0 aromatic carbocycles. The van der Waals surface area contributed by atoms with Gasteiger partial charge < -0.3 is 5.32 Å². The van der Waals surface area contributed by atoms with Gasteiger partial charge in [-0.15, -0.1) is 0 Å². The average Bonchev–Trinajstić information content (AvgIpc) is 1.90. The molecule has 1 N–H and O–H groups in total. The van der Waals surface area contributed by atoms with Crippen molar-refractivity contribution in [1.29, 1.82) is 0 Å². The Morgan fingerprint density at radius 2 is 2.56 bits per heavy atom. The SMILES string of the molecule is CC(=O)C1=CC=CNC1. The summed E-state index contributed by atoms with van der Waals surface area (Å²) in [5.74, 6) is 0.145. The molecule has 0 aromatic heterocycles. The maximum atomic E-state index is 10.7. The van der Waals surface area contributed by atoms with Gasteiger partial charge in [0.15, 0.2) is 5.78 Å².